The van der Waals surface area contributed by atoms with E-state index in [0.717, 1.165) is 11.1 Å². The van der Waals surface area contributed by atoms with Gasteiger partial charge in [0.2, 0.25) is 0 Å². The second-order valence-corrected chi connectivity index (χ2v) is 4.61. The Morgan fingerprint density at radius 2 is 1.91 bits per heavy atom. The van der Waals surface area contributed by atoms with Crippen molar-refractivity contribution in [2.45, 2.75) is 13.5 Å². The number of hydrogen-bond donors (Lipinski definition) is 1. The molecule has 0 unspecified atom stereocenters. The molecule has 22 heavy (non-hydrogen) atoms. The van der Waals surface area contributed by atoms with Crippen molar-refractivity contribution in [1.82, 2.24) is 5.43 Å². The molecule has 2 aromatic carbocycles. The van der Waals surface area contributed by atoms with Crippen molar-refractivity contribution < 1.29 is 14.3 Å². The maximum Gasteiger partial charge on any atom is 0.427 e. The largest absolute Gasteiger partial charge is 0.488 e. The van der Waals surface area contributed by atoms with Gasteiger partial charge < -0.3 is 9.47 Å². The van der Waals surface area contributed by atoms with E-state index in [-0.39, 0.29) is 0 Å². The van der Waals surface area contributed by atoms with Gasteiger partial charge in [0.15, 0.2) is 0 Å². The first-order valence-corrected chi connectivity index (χ1v) is 6.84. The van der Waals surface area contributed by atoms with Gasteiger partial charge >= 0.3 is 6.09 Å². The molecular weight excluding hydrogens is 280 g/mol. The molecule has 0 fully saturated rings. The topological polar surface area (TPSA) is 59.9 Å². The smallest absolute Gasteiger partial charge is 0.427 e. The van der Waals surface area contributed by atoms with Crippen LogP contribution in [0.15, 0.2) is 53.6 Å². The third kappa shape index (κ3) is 4.34. The summed E-state index contributed by atoms with van der Waals surface area (Å²) in [6.45, 7) is 2.52. The SMILES string of the molecule is COC(=O)N/N=C\c1ccccc1OCc1ccccc1C. The zero-order valence-corrected chi connectivity index (χ0v) is 12.6. The van der Waals surface area contributed by atoms with Gasteiger partial charge in [-0.2, -0.15) is 5.10 Å². The van der Waals surface area contributed by atoms with Gasteiger partial charge in [-0.25, -0.2) is 10.2 Å². The highest BCUT2D eigenvalue weighted by Gasteiger charge is 2.03. The zero-order chi connectivity index (χ0) is 15.8. The normalized spacial score (nSPS) is 10.5. The average molecular weight is 298 g/mol. The summed E-state index contributed by atoms with van der Waals surface area (Å²) in [4.78, 5) is 11.0. The number of hydrogen-bond acceptors (Lipinski definition) is 4. The number of benzene rings is 2. The molecule has 0 aliphatic rings. The van der Waals surface area contributed by atoms with Gasteiger partial charge in [-0.3, -0.25) is 0 Å². The minimum absolute atomic E-state index is 0.474. The number of rotatable bonds is 5. The van der Waals surface area contributed by atoms with Crippen LogP contribution in [0.1, 0.15) is 16.7 Å². The molecular formula is C17H18N2O3. The van der Waals surface area contributed by atoms with E-state index in [9.17, 15) is 4.79 Å². The van der Waals surface area contributed by atoms with Crippen LogP contribution in [0.5, 0.6) is 5.75 Å². The minimum atomic E-state index is -0.616. The Kier molecular flexibility index (Phi) is 5.54. The summed E-state index contributed by atoms with van der Waals surface area (Å²) in [6, 6.07) is 15.5. The summed E-state index contributed by atoms with van der Waals surface area (Å²) in [5.74, 6) is 0.696. The third-order valence-electron chi connectivity index (χ3n) is 3.11. The van der Waals surface area contributed by atoms with Crippen molar-refractivity contribution in [3.63, 3.8) is 0 Å². The predicted molar refractivity (Wildman–Crippen MR) is 85.1 cm³/mol. The Hall–Kier alpha value is -2.82. The van der Waals surface area contributed by atoms with Gasteiger partial charge in [0.05, 0.1) is 13.3 Å². The Balaban J connectivity index is 2.05. The van der Waals surface area contributed by atoms with Crippen molar-refractivity contribution >= 4 is 12.3 Å². The standard InChI is InChI=1S/C17H18N2O3/c1-13-7-3-4-9-15(13)12-22-16-10-6-5-8-14(16)11-18-19-17(20)21-2/h3-11H,12H2,1-2H3,(H,19,20)/b18-11-. The number of carbonyl (C=O) groups is 1. The molecule has 0 heterocycles. The molecule has 114 valence electrons. The van der Waals surface area contributed by atoms with Gasteiger partial charge in [-0.1, -0.05) is 36.4 Å². The summed E-state index contributed by atoms with van der Waals surface area (Å²) < 4.78 is 10.3. The monoisotopic (exact) mass is 298 g/mol. The van der Waals surface area contributed by atoms with E-state index >= 15 is 0 Å². The van der Waals surface area contributed by atoms with E-state index < -0.39 is 6.09 Å². The summed E-state index contributed by atoms with van der Waals surface area (Å²) in [7, 11) is 1.28. The Bertz CT molecular complexity index is 668. The van der Waals surface area contributed by atoms with Crippen LogP contribution < -0.4 is 10.2 Å². The molecule has 0 aliphatic heterocycles. The number of hydrazone groups is 1. The van der Waals surface area contributed by atoms with Crippen LogP contribution in [-0.2, 0) is 11.3 Å². The van der Waals surface area contributed by atoms with E-state index in [2.05, 4.69) is 15.3 Å². The van der Waals surface area contributed by atoms with Crippen LogP contribution in [-0.4, -0.2) is 19.4 Å². The van der Waals surface area contributed by atoms with Gasteiger partial charge in [0, 0.05) is 5.56 Å². The lowest BCUT2D eigenvalue weighted by Gasteiger charge is -2.10. The van der Waals surface area contributed by atoms with E-state index in [1.807, 2.05) is 55.5 Å². The minimum Gasteiger partial charge on any atom is -0.488 e. The predicted octanol–water partition coefficient (Wildman–Crippen LogP) is 3.26. The van der Waals surface area contributed by atoms with Crippen molar-refractivity contribution in [2.24, 2.45) is 5.10 Å². The number of methoxy groups -OCH3 is 1. The van der Waals surface area contributed by atoms with Gasteiger partial charge in [0.25, 0.3) is 0 Å². The number of carbonyl (C=O) groups excluding carboxylic acids is 1. The van der Waals surface area contributed by atoms with Crippen molar-refractivity contribution in [3.8, 4) is 5.75 Å². The molecule has 5 nitrogen and oxygen atoms in total. The quantitative estimate of drug-likeness (QED) is 0.681. The number of nitrogens with zero attached hydrogens (tertiary/aromatic N) is 1. The maximum atomic E-state index is 11.0. The number of para-hydroxylation sites is 1. The van der Waals surface area contributed by atoms with Gasteiger partial charge in [0.1, 0.15) is 12.4 Å². The van der Waals surface area contributed by atoms with Crippen LogP contribution in [0.4, 0.5) is 4.79 Å². The molecule has 0 saturated heterocycles. The van der Waals surface area contributed by atoms with Crippen molar-refractivity contribution in [3.05, 3.63) is 65.2 Å². The molecule has 1 N–H and O–H groups in total. The molecule has 0 atom stereocenters. The van der Waals surface area contributed by atoms with Crippen molar-refractivity contribution in [1.29, 1.82) is 0 Å². The molecule has 2 aromatic rings. The molecule has 2 rings (SSSR count). The van der Waals surface area contributed by atoms with Crippen molar-refractivity contribution in [2.75, 3.05) is 7.11 Å². The lowest BCUT2D eigenvalue weighted by atomic mass is 10.1. The van der Waals surface area contributed by atoms with Crippen LogP contribution in [0.3, 0.4) is 0 Å². The summed E-state index contributed by atoms with van der Waals surface area (Å²) >= 11 is 0. The Labute approximate surface area is 129 Å². The van der Waals surface area contributed by atoms with Gasteiger partial charge in [-0.05, 0) is 30.2 Å². The fourth-order valence-corrected chi connectivity index (χ4v) is 1.85. The second kappa shape index (κ2) is 7.83. The maximum absolute atomic E-state index is 11.0. The molecule has 0 radical (unpaired) electrons. The second-order valence-electron chi connectivity index (χ2n) is 4.61. The van der Waals surface area contributed by atoms with Crippen LogP contribution in [0.25, 0.3) is 0 Å². The first-order valence-electron chi connectivity index (χ1n) is 6.84. The fraction of sp³-hybridized carbons (Fsp3) is 0.176. The van der Waals surface area contributed by atoms with Crippen LogP contribution in [0, 0.1) is 6.92 Å². The third-order valence-corrected chi connectivity index (χ3v) is 3.11. The average Bonchev–Trinajstić information content (AvgIpc) is 2.55. The highest BCUT2D eigenvalue weighted by Crippen LogP contribution is 2.18. The zero-order valence-electron chi connectivity index (χ0n) is 12.6. The Morgan fingerprint density at radius 3 is 2.68 bits per heavy atom. The summed E-state index contributed by atoms with van der Waals surface area (Å²) in [5.41, 5.74) is 5.32. The number of aryl methyl sites for hydroxylation is 1. The van der Waals surface area contributed by atoms with E-state index in [1.165, 1.54) is 18.9 Å². The first kappa shape index (κ1) is 15.6. The highest BCUT2D eigenvalue weighted by atomic mass is 16.5. The lowest BCUT2D eigenvalue weighted by Crippen LogP contribution is -2.16. The first-order chi connectivity index (χ1) is 10.7. The lowest BCUT2D eigenvalue weighted by molar-refractivity contribution is 0.171. The molecule has 0 saturated carbocycles. The number of ether oxygens (including phenoxy) is 2. The number of amides is 1. The molecule has 1 amide bonds. The highest BCUT2D eigenvalue weighted by molar-refractivity contribution is 5.84. The van der Waals surface area contributed by atoms with Gasteiger partial charge in [-0.15, -0.1) is 0 Å². The van der Waals surface area contributed by atoms with E-state index in [0.29, 0.717) is 12.4 Å². The molecule has 0 aliphatic carbocycles. The summed E-state index contributed by atoms with van der Waals surface area (Å²) in [5, 5.41) is 3.82. The molecule has 0 bridgehead atoms. The fourth-order valence-electron chi connectivity index (χ4n) is 1.85. The molecule has 0 aromatic heterocycles. The number of nitrogens with one attached hydrogen (secondary N) is 1. The molecule has 0 spiro atoms. The van der Waals surface area contributed by atoms with Crippen LogP contribution >= 0.6 is 0 Å². The van der Waals surface area contributed by atoms with Crippen LogP contribution in [0.2, 0.25) is 0 Å². The molecule has 5 heteroatoms. The van der Waals surface area contributed by atoms with E-state index in [1.54, 1.807) is 0 Å². The summed E-state index contributed by atoms with van der Waals surface area (Å²) in [6.07, 6.45) is 0.902. The Morgan fingerprint density at radius 1 is 1.18 bits per heavy atom. The van der Waals surface area contributed by atoms with E-state index in [4.69, 9.17) is 4.74 Å².